The van der Waals surface area contributed by atoms with E-state index in [1.54, 1.807) is 12.1 Å². The molecule has 104 valence electrons. The minimum Gasteiger partial charge on any atom is -0.481 e. The van der Waals surface area contributed by atoms with Gasteiger partial charge in [-0.1, -0.05) is 15.9 Å². The molecular formula is C11H11Br2NO4S. The highest BCUT2D eigenvalue weighted by Gasteiger charge is 2.38. The largest absolute Gasteiger partial charge is 0.481 e. The molecule has 8 heteroatoms. The van der Waals surface area contributed by atoms with Crippen LogP contribution < -0.4 is 0 Å². The Hall–Kier alpha value is -0.440. The molecule has 1 aliphatic heterocycles. The number of carboxylic acid groups (broad SMARTS) is 1. The zero-order chi connectivity index (χ0) is 14.2. The summed E-state index contributed by atoms with van der Waals surface area (Å²) in [6.07, 6.45) is 0.00747. The number of carbonyl (C=O) groups is 1. The predicted octanol–water partition coefficient (Wildman–Crippen LogP) is 2.31. The molecule has 19 heavy (non-hydrogen) atoms. The fourth-order valence-corrected chi connectivity index (χ4v) is 5.22. The third-order valence-corrected chi connectivity index (χ3v) is 6.20. The van der Waals surface area contributed by atoms with Gasteiger partial charge in [-0.3, -0.25) is 4.79 Å². The first-order valence-electron chi connectivity index (χ1n) is 5.47. The van der Waals surface area contributed by atoms with Crippen LogP contribution in [0.15, 0.2) is 32.0 Å². The maximum absolute atomic E-state index is 12.3. The Labute approximate surface area is 127 Å². The molecule has 2 rings (SSSR count). The topological polar surface area (TPSA) is 74.7 Å². The van der Waals surface area contributed by atoms with Crippen molar-refractivity contribution < 1.29 is 18.3 Å². The van der Waals surface area contributed by atoms with Gasteiger partial charge < -0.3 is 5.11 Å². The van der Waals surface area contributed by atoms with Gasteiger partial charge in [-0.2, -0.15) is 4.31 Å². The summed E-state index contributed by atoms with van der Waals surface area (Å²) >= 11 is 6.49. The van der Waals surface area contributed by atoms with Crippen molar-refractivity contribution in [2.75, 3.05) is 13.1 Å². The van der Waals surface area contributed by atoms with E-state index in [4.69, 9.17) is 5.11 Å². The maximum atomic E-state index is 12.3. The number of hydrogen-bond acceptors (Lipinski definition) is 3. The van der Waals surface area contributed by atoms with E-state index < -0.39 is 16.0 Å². The van der Waals surface area contributed by atoms with Crippen LogP contribution in [0.2, 0.25) is 0 Å². The lowest BCUT2D eigenvalue weighted by Gasteiger charge is -2.37. The summed E-state index contributed by atoms with van der Waals surface area (Å²) in [5.41, 5.74) is 0. The number of aliphatic carboxylic acids is 1. The molecule has 1 saturated heterocycles. The number of carboxylic acids is 1. The normalized spacial score (nSPS) is 17.2. The van der Waals surface area contributed by atoms with Crippen molar-refractivity contribution in [1.82, 2.24) is 4.31 Å². The van der Waals surface area contributed by atoms with Crippen molar-refractivity contribution in [3.8, 4) is 0 Å². The number of rotatable bonds is 4. The molecule has 0 atom stereocenters. The molecule has 0 radical (unpaired) electrons. The van der Waals surface area contributed by atoms with Crippen molar-refractivity contribution in [1.29, 1.82) is 0 Å². The quantitative estimate of drug-likeness (QED) is 0.823. The van der Waals surface area contributed by atoms with E-state index in [1.807, 2.05) is 0 Å². The summed E-state index contributed by atoms with van der Waals surface area (Å²) in [4.78, 5) is 10.7. The van der Waals surface area contributed by atoms with Crippen molar-refractivity contribution in [2.24, 2.45) is 5.92 Å². The van der Waals surface area contributed by atoms with E-state index in [9.17, 15) is 13.2 Å². The molecule has 0 bridgehead atoms. The summed E-state index contributed by atoms with van der Waals surface area (Å²) in [5, 5.41) is 8.65. The highest BCUT2D eigenvalue weighted by molar-refractivity contribution is 9.11. The number of halogens is 2. The van der Waals surface area contributed by atoms with Gasteiger partial charge >= 0.3 is 5.97 Å². The van der Waals surface area contributed by atoms with Gasteiger partial charge in [0.05, 0.1) is 11.3 Å². The molecule has 1 heterocycles. The van der Waals surface area contributed by atoms with Gasteiger partial charge in [0, 0.05) is 22.0 Å². The Morgan fingerprint density at radius 2 is 2.00 bits per heavy atom. The molecule has 1 aromatic carbocycles. The third kappa shape index (κ3) is 3.18. The van der Waals surface area contributed by atoms with E-state index in [0.717, 1.165) is 4.47 Å². The molecule has 0 aromatic heterocycles. The summed E-state index contributed by atoms with van der Waals surface area (Å²) in [7, 11) is -3.55. The van der Waals surface area contributed by atoms with E-state index in [1.165, 1.54) is 10.4 Å². The number of sulfonamides is 1. The summed E-state index contributed by atoms with van der Waals surface area (Å²) < 4.78 is 27.2. The Balaban J connectivity index is 2.14. The van der Waals surface area contributed by atoms with Crippen molar-refractivity contribution in [2.45, 2.75) is 11.3 Å². The Bertz CT molecular complexity index is 611. The van der Waals surface area contributed by atoms with Crippen molar-refractivity contribution >= 4 is 47.9 Å². The summed E-state index contributed by atoms with van der Waals surface area (Å²) in [6.45, 7) is 0.522. The summed E-state index contributed by atoms with van der Waals surface area (Å²) in [5.74, 6) is -0.992. The molecular weight excluding hydrogens is 402 g/mol. The van der Waals surface area contributed by atoms with Crippen LogP contribution in [0.4, 0.5) is 0 Å². The minimum absolute atomic E-state index is 0.00747. The molecule has 0 aliphatic carbocycles. The molecule has 0 spiro atoms. The van der Waals surface area contributed by atoms with Crippen molar-refractivity contribution in [3.63, 3.8) is 0 Å². The van der Waals surface area contributed by atoms with Gasteiger partial charge in [0.2, 0.25) is 10.0 Å². The minimum atomic E-state index is -3.55. The van der Waals surface area contributed by atoms with Gasteiger partial charge in [-0.15, -0.1) is 0 Å². The molecule has 0 saturated carbocycles. The average molecular weight is 413 g/mol. The zero-order valence-electron chi connectivity index (χ0n) is 9.71. The van der Waals surface area contributed by atoms with Gasteiger partial charge in [0.15, 0.2) is 0 Å². The third-order valence-electron chi connectivity index (χ3n) is 2.90. The predicted molar refractivity (Wildman–Crippen MR) is 76.3 cm³/mol. The lowest BCUT2D eigenvalue weighted by Crippen LogP contribution is -2.50. The maximum Gasteiger partial charge on any atom is 0.303 e. The van der Waals surface area contributed by atoms with Crippen molar-refractivity contribution in [3.05, 3.63) is 27.1 Å². The zero-order valence-corrected chi connectivity index (χ0v) is 13.7. The van der Waals surface area contributed by atoms with Gasteiger partial charge in [-0.25, -0.2) is 8.42 Å². The van der Waals surface area contributed by atoms with Crippen LogP contribution >= 0.6 is 31.9 Å². The van der Waals surface area contributed by atoms with Crippen LogP contribution in [0, 0.1) is 5.92 Å². The Morgan fingerprint density at radius 1 is 1.37 bits per heavy atom. The van der Waals surface area contributed by atoms with Crippen LogP contribution in [0.25, 0.3) is 0 Å². The Morgan fingerprint density at radius 3 is 2.53 bits per heavy atom. The lowest BCUT2D eigenvalue weighted by molar-refractivity contribution is -0.139. The van der Waals surface area contributed by atoms with Crippen LogP contribution in [0.1, 0.15) is 6.42 Å². The monoisotopic (exact) mass is 411 g/mol. The first kappa shape index (κ1) is 15.0. The van der Waals surface area contributed by atoms with Crippen LogP contribution in [0.5, 0.6) is 0 Å². The van der Waals surface area contributed by atoms with Crippen LogP contribution in [0.3, 0.4) is 0 Å². The van der Waals surface area contributed by atoms with E-state index >= 15 is 0 Å². The SMILES string of the molecule is O=C(O)CC1CN(S(=O)(=O)c2ccc(Br)cc2Br)C1. The number of benzene rings is 1. The average Bonchev–Trinajstić information content (AvgIpc) is 2.21. The smallest absolute Gasteiger partial charge is 0.303 e. The van der Waals surface area contributed by atoms with Gasteiger partial charge in [0.25, 0.3) is 0 Å². The molecule has 1 N–H and O–H groups in total. The number of hydrogen-bond donors (Lipinski definition) is 1. The van der Waals surface area contributed by atoms with E-state index in [-0.39, 0.29) is 30.3 Å². The molecule has 5 nitrogen and oxygen atoms in total. The fraction of sp³-hybridized carbons (Fsp3) is 0.364. The van der Waals surface area contributed by atoms with E-state index in [2.05, 4.69) is 31.9 Å². The summed E-state index contributed by atoms with van der Waals surface area (Å²) in [6, 6.07) is 4.85. The van der Waals surface area contributed by atoms with Crippen LogP contribution in [-0.4, -0.2) is 36.9 Å². The molecule has 0 amide bonds. The molecule has 1 aliphatic rings. The highest BCUT2D eigenvalue weighted by Crippen LogP contribution is 2.32. The van der Waals surface area contributed by atoms with E-state index in [0.29, 0.717) is 4.47 Å². The lowest BCUT2D eigenvalue weighted by atomic mass is 10.00. The first-order chi connectivity index (χ1) is 8.80. The van der Waals surface area contributed by atoms with Gasteiger partial charge in [-0.05, 0) is 40.0 Å². The first-order valence-corrected chi connectivity index (χ1v) is 8.50. The second-order valence-electron chi connectivity index (χ2n) is 4.36. The number of nitrogens with zero attached hydrogens (tertiary/aromatic N) is 1. The molecule has 1 fully saturated rings. The van der Waals surface area contributed by atoms with Crippen LogP contribution in [-0.2, 0) is 14.8 Å². The molecule has 0 unspecified atom stereocenters. The molecule has 1 aromatic rings. The second-order valence-corrected chi connectivity index (χ2v) is 8.04. The standard InChI is InChI=1S/C11H11Br2NO4S/c12-8-1-2-10(9(13)4-8)19(17,18)14-5-7(6-14)3-11(15)16/h1-2,4,7H,3,5-6H2,(H,15,16). The second kappa shape index (κ2) is 5.51. The fourth-order valence-electron chi connectivity index (χ4n) is 1.92. The highest BCUT2D eigenvalue weighted by atomic mass is 79.9. The van der Waals surface area contributed by atoms with Gasteiger partial charge in [0.1, 0.15) is 0 Å². The Kier molecular flexibility index (Phi) is 4.34.